The molecule has 3 aromatic rings. The molecule has 2 unspecified atom stereocenters. The number of nitrogens with one attached hydrogen (secondary N) is 1. The Balaban J connectivity index is 1.74. The quantitative estimate of drug-likeness (QED) is 0.650. The third-order valence-electron chi connectivity index (χ3n) is 3.93. The lowest BCUT2D eigenvalue weighted by Crippen LogP contribution is -2.30. The van der Waals surface area contributed by atoms with Crippen LogP contribution in [0.4, 0.5) is 0 Å². The number of hydrogen-bond acceptors (Lipinski definition) is 3. The van der Waals surface area contributed by atoms with E-state index in [1.54, 1.807) is 11.3 Å². The second-order valence-corrected chi connectivity index (χ2v) is 7.58. The minimum atomic E-state index is 0.399. The highest BCUT2D eigenvalue weighted by atomic mass is 32.1. The van der Waals surface area contributed by atoms with Crippen LogP contribution < -0.4 is 5.32 Å². The molecule has 2 aromatic heterocycles. The maximum absolute atomic E-state index is 3.75. The molecule has 0 saturated carbocycles. The summed E-state index contributed by atoms with van der Waals surface area (Å²) in [6.45, 7) is 6.80. The second-order valence-electron chi connectivity index (χ2n) is 5.71. The molecule has 0 amide bonds. The molecule has 0 spiro atoms. The van der Waals surface area contributed by atoms with Crippen LogP contribution in [0.2, 0.25) is 0 Å². The van der Waals surface area contributed by atoms with Crippen LogP contribution in [0.15, 0.2) is 41.1 Å². The van der Waals surface area contributed by atoms with Crippen molar-refractivity contribution in [1.29, 1.82) is 0 Å². The van der Waals surface area contributed by atoms with E-state index in [1.165, 1.54) is 26.1 Å². The van der Waals surface area contributed by atoms with E-state index < -0.39 is 0 Å². The van der Waals surface area contributed by atoms with Crippen LogP contribution in [-0.4, -0.2) is 6.04 Å². The van der Waals surface area contributed by atoms with Gasteiger partial charge in [0.05, 0.1) is 0 Å². The summed E-state index contributed by atoms with van der Waals surface area (Å²) in [5.74, 6) is 0. The minimum Gasteiger partial charge on any atom is -0.307 e. The van der Waals surface area contributed by atoms with E-state index in [1.807, 2.05) is 11.3 Å². The maximum atomic E-state index is 3.75. The molecule has 1 nitrogen and oxygen atoms in total. The van der Waals surface area contributed by atoms with Gasteiger partial charge in [0.1, 0.15) is 0 Å². The molecule has 3 heteroatoms. The third kappa shape index (κ3) is 3.20. The standard InChI is InChI=1S/C18H21NS2/c1-12(10-15-8-9-20-11-15)19-14(3)18-13(2)16-6-4-5-7-17(16)21-18/h4-9,11-12,14,19H,10H2,1-3H3. The van der Waals surface area contributed by atoms with Gasteiger partial charge >= 0.3 is 0 Å². The van der Waals surface area contributed by atoms with Crippen molar-refractivity contribution in [2.24, 2.45) is 0 Å². The predicted molar refractivity (Wildman–Crippen MR) is 95.6 cm³/mol. The molecule has 0 aliphatic heterocycles. The van der Waals surface area contributed by atoms with Crippen molar-refractivity contribution in [3.05, 3.63) is 57.1 Å². The van der Waals surface area contributed by atoms with E-state index in [2.05, 4.69) is 67.2 Å². The van der Waals surface area contributed by atoms with Gasteiger partial charge in [0.2, 0.25) is 0 Å². The van der Waals surface area contributed by atoms with E-state index >= 15 is 0 Å². The van der Waals surface area contributed by atoms with Crippen LogP contribution in [-0.2, 0) is 6.42 Å². The van der Waals surface area contributed by atoms with Crippen molar-refractivity contribution < 1.29 is 0 Å². The summed E-state index contributed by atoms with van der Waals surface area (Å²) in [5.41, 5.74) is 2.86. The Labute approximate surface area is 134 Å². The lowest BCUT2D eigenvalue weighted by atomic mass is 10.1. The van der Waals surface area contributed by atoms with Crippen molar-refractivity contribution in [2.45, 2.75) is 39.3 Å². The maximum Gasteiger partial charge on any atom is 0.0391 e. The van der Waals surface area contributed by atoms with Crippen LogP contribution in [0.25, 0.3) is 10.1 Å². The molecule has 0 aliphatic rings. The van der Waals surface area contributed by atoms with Gasteiger partial charge in [-0.1, -0.05) is 18.2 Å². The fraction of sp³-hybridized carbons (Fsp3) is 0.333. The zero-order valence-corrected chi connectivity index (χ0v) is 14.4. The summed E-state index contributed by atoms with van der Waals surface area (Å²) in [6, 6.07) is 11.8. The Bertz CT molecular complexity index is 712. The number of fused-ring (bicyclic) bond motifs is 1. The second kappa shape index (κ2) is 6.30. The van der Waals surface area contributed by atoms with Gasteiger partial charge in [-0.2, -0.15) is 11.3 Å². The fourth-order valence-electron chi connectivity index (χ4n) is 2.93. The molecule has 1 aromatic carbocycles. The summed E-state index contributed by atoms with van der Waals surface area (Å²) in [6.07, 6.45) is 1.10. The zero-order chi connectivity index (χ0) is 14.8. The number of thiophene rings is 2. The van der Waals surface area contributed by atoms with Crippen LogP contribution >= 0.6 is 22.7 Å². The molecule has 21 heavy (non-hydrogen) atoms. The van der Waals surface area contributed by atoms with Gasteiger partial charge < -0.3 is 5.32 Å². The van der Waals surface area contributed by atoms with Gasteiger partial charge in [-0.15, -0.1) is 11.3 Å². The Hall–Kier alpha value is -1.16. The summed E-state index contributed by atoms with van der Waals surface area (Å²) in [4.78, 5) is 1.47. The molecule has 0 aliphatic carbocycles. The highest BCUT2D eigenvalue weighted by molar-refractivity contribution is 7.19. The topological polar surface area (TPSA) is 12.0 Å². The van der Waals surface area contributed by atoms with Crippen molar-refractivity contribution in [3.63, 3.8) is 0 Å². The van der Waals surface area contributed by atoms with Crippen molar-refractivity contribution in [1.82, 2.24) is 5.32 Å². The number of aryl methyl sites for hydroxylation is 1. The Morgan fingerprint density at radius 2 is 1.95 bits per heavy atom. The van der Waals surface area contributed by atoms with E-state index in [9.17, 15) is 0 Å². The first-order valence-corrected chi connectivity index (χ1v) is 9.16. The summed E-state index contributed by atoms with van der Waals surface area (Å²) in [7, 11) is 0. The lowest BCUT2D eigenvalue weighted by Gasteiger charge is -2.19. The van der Waals surface area contributed by atoms with Crippen molar-refractivity contribution in [2.75, 3.05) is 0 Å². The van der Waals surface area contributed by atoms with Gasteiger partial charge in [-0.3, -0.25) is 0 Å². The largest absolute Gasteiger partial charge is 0.307 e. The Morgan fingerprint density at radius 1 is 1.14 bits per heavy atom. The van der Waals surface area contributed by atoms with Gasteiger partial charge in [-0.05, 0) is 66.6 Å². The molecule has 0 saturated heterocycles. The minimum absolute atomic E-state index is 0.399. The fourth-order valence-corrected chi connectivity index (χ4v) is 4.83. The summed E-state index contributed by atoms with van der Waals surface area (Å²) < 4.78 is 1.39. The van der Waals surface area contributed by atoms with Crippen molar-refractivity contribution >= 4 is 32.8 Å². The summed E-state index contributed by atoms with van der Waals surface area (Å²) >= 11 is 3.70. The Morgan fingerprint density at radius 3 is 2.67 bits per heavy atom. The molecule has 2 heterocycles. The highest BCUT2D eigenvalue weighted by Gasteiger charge is 2.16. The molecule has 110 valence electrons. The van der Waals surface area contributed by atoms with E-state index in [0.29, 0.717) is 12.1 Å². The highest BCUT2D eigenvalue weighted by Crippen LogP contribution is 2.34. The third-order valence-corrected chi connectivity index (χ3v) is 6.12. The molecule has 0 radical (unpaired) electrons. The number of benzene rings is 1. The number of hydrogen-bond donors (Lipinski definition) is 1. The smallest absolute Gasteiger partial charge is 0.0391 e. The summed E-state index contributed by atoms with van der Waals surface area (Å²) in [5, 5.41) is 9.55. The molecule has 2 atom stereocenters. The molecule has 1 N–H and O–H groups in total. The van der Waals surface area contributed by atoms with Gasteiger partial charge in [0.15, 0.2) is 0 Å². The predicted octanol–water partition coefficient (Wildman–Crippen LogP) is 5.55. The van der Waals surface area contributed by atoms with E-state index in [-0.39, 0.29) is 0 Å². The first-order valence-electron chi connectivity index (χ1n) is 7.40. The molecule has 0 bridgehead atoms. The molecule has 0 fully saturated rings. The normalized spacial score (nSPS) is 14.4. The van der Waals surface area contributed by atoms with Crippen LogP contribution in [0.5, 0.6) is 0 Å². The molecular weight excluding hydrogens is 294 g/mol. The van der Waals surface area contributed by atoms with Crippen molar-refractivity contribution in [3.8, 4) is 0 Å². The first-order chi connectivity index (χ1) is 10.1. The van der Waals surface area contributed by atoms with Crippen LogP contribution in [0, 0.1) is 6.92 Å². The van der Waals surface area contributed by atoms with Crippen LogP contribution in [0.3, 0.4) is 0 Å². The Kier molecular flexibility index (Phi) is 4.43. The average Bonchev–Trinajstić information content (AvgIpc) is 3.07. The molecular formula is C18H21NS2. The zero-order valence-electron chi connectivity index (χ0n) is 12.7. The van der Waals surface area contributed by atoms with Gasteiger partial charge in [0.25, 0.3) is 0 Å². The van der Waals surface area contributed by atoms with E-state index in [4.69, 9.17) is 0 Å². The lowest BCUT2D eigenvalue weighted by molar-refractivity contribution is 0.481. The van der Waals surface area contributed by atoms with E-state index in [0.717, 1.165) is 6.42 Å². The van der Waals surface area contributed by atoms with Gasteiger partial charge in [0, 0.05) is 21.7 Å². The van der Waals surface area contributed by atoms with Gasteiger partial charge in [-0.25, -0.2) is 0 Å². The first kappa shape index (κ1) is 14.8. The van der Waals surface area contributed by atoms with Crippen LogP contribution in [0.1, 0.15) is 35.9 Å². The monoisotopic (exact) mass is 315 g/mol. The average molecular weight is 316 g/mol. The SMILES string of the molecule is Cc1c(C(C)NC(C)Cc2ccsc2)sc2ccccc12. The molecule has 3 rings (SSSR count). The number of rotatable bonds is 5.